The minimum Gasteiger partial charge on any atom is -0.487 e. The van der Waals surface area contributed by atoms with Gasteiger partial charge >= 0.3 is 0 Å². The maximum atomic E-state index is 6.00. The number of thiophene rings is 1. The van der Waals surface area contributed by atoms with Crippen LogP contribution < -0.4 is 10.1 Å². The van der Waals surface area contributed by atoms with Crippen molar-refractivity contribution in [2.24, 2.45) is 0 Å². The van der Waals surface area contributed by atoms with Crippen molar-refractivity contribution >= 4 is 27.3 Å². The third-order valence-corrected chi connectivity index (χ3v) is 4.18. The second kappa shape index (κ2) is 6.74. The van der Waals surface area contributed by atoms with Crippen molar-refractivity contribution in [3.05, 3.63) is 50.6 Å². The number of halogens is 1. The molecule has 2 aromatic rings. The molecule has 0 bridgehead atoms. The van der Waals surface area contributed by atoms with E-state index in [1.807, 2.05) is 12.1 Å². The summed E-state index contributed by atoms with van der Waals surface area (Å²) in [5.74, 6) is 0.926. The Morgan fingerprint density at radius 2 is 2.05 bits per heavy atom. The van der Waals surface area contributed by atoms with Crippen molar-refractivity contribution in [2.45, 2.75) is 39.5 Å². The van der Waals surface area contributed by atoms with E-state index in [0.29, 0.717) is 6.61 Å². The SMILES string of the molecule is CC(C)(C)NCc1cccc(Br)c1OCc1ccsc1. The minimum atomic E-state index is 0.0902. The van der Waals surface area contributed by atoms with Gasteiger partial charge in [-0.25, -0.2) is 0 Å². The van der Waals surface area contributed by atoms with Gasteiger partial charge in [0.25, 0.3) is 0 Å². The molecule has 0 saturated heterocycles. The lowest BCUT2D eigenvalue weighted by Crippen LogP contribution is -2.35. The summed E-state index contributed by atoms with van der Waals surface area (Å²) in [6, 6.07) is 8.26. The van der Waals surface area contributed by atoms with E-state index in [9.17, 15) is 0 Å². The van der Waals surface area contributed by atoms with Crippen LogP contribution in [0, 0.1) is 0 Å². The number of nitrogens with one attached hydrogen (secondary N) is 1. The molecule has 1 aromatic heterocycles. The van der Waals surface area contributed by atoms with Gasteiger partial charge in [0.05, 0.1) is 4.47 Å². The molecule has 0 atom stereocenters. The van der Waals surface area contributed by atoms with Crippen LogP contribution >= 0.6 is 27.3 Å². The molecule has 0 aliphatic rings. The summed E-state index contributed by atoms with van der Waals surface area (Å²) in [7, 11) is 0. The van der Waals surface area contributed by atoms with Crippen LogP contribution in [0.15, 0.2) is 39.5 Å². The highest BCUT2D eigenvalue weighted by molar-refractivity contribution is 9.10. The molecule has 2 rings (SSSR count). The van der Waals surface area contributed by atoms with Crippen LogP contribution in [0.2, 0.25) is 0 Å². The Labute approximate surface area is 133 Å². The predicted molar refractivity (Wildman–Crippen MR) is 89.4 cm³/mol. The number of benzene rings is 1. The van der Waals surface area contributed by atoms with Crippen molar-refractivity contribution in [2.75, 3.05) is 0 Å². The summed E-state index contributed by atoms with van der Waals surface area (Å²) in [6.45, 7) is 7.89. The van der Waals surface area contributed by atoms with Gasteiger partial charge in [-0.05, 0) is 65.2 Å². The molecule has 1 aromatic carbocycles. The van der Waals surface area contributed by atoms with Crippen LogP contribution in [0.25, 0.3) is 0 Å². The summed E-state index contributed by atoms with van der Waals surface area (Å²) < 4.78 is 7.00. The molecular formula is C16H20BrNOS. The van der Waals surface area contributed by atoms with Crippen molar-refractivity contribution < 1.29 is 4.74 Å². The summed E-state index contributed by atoms with van der Waals surface area (Å²) in [5, 5.41) is 7.69. The van der Waals surface area contributed by atoms with Gasteiger partial charge in [-0.1, -0.05) is 12.1 Å². The van der Waals surface area contributed by atoms with Crippen molar-refractivity contribution in [1.29, 1.82) is 0 Å². The zero-order valence-electron chi connectivity index (χ0n) is 12.1. The molecule has 0 saturated carbocycles. The van der Waals surface area contributed by atoms with E-state index in [-0.39, 0.29) is 5.54 Å². The molecule has 20 heavy (non-hydrogen) atoms. The number of para-hydroxylation sites is 1. The summed E-state index contributed by atoms with van der Waals surface area (Å²) >= 11 is 5.27. The highest BCUT2D eigenvalue weighted by atomic mass is 79.9. The molecule has 108 valence electrons. The molecule has 0 aliphatic heterocycles. The Morgan fingerprint density at radius 1 is 1.25 bits per heavy atom. The van der Waals surface area contributed by atoms with Crippen LogP contribution in [-0.4, -0.2) is 5.54 Å². The smallest absolute Gasteiger partial charge is 0.138 e. The first-order chi connectivity index (χ1) is 9.46. The fourth-order valence-electron chi connectivity index (χ4n) is 1.75. The van der Waals surface area contributed by atoms with Crippen LogP contribution in [0.4, 0.5) is 0 Å². The zero-order chi connectivity index (χ0) is 14.6. The van der Waals surface area contributed by atoms with Gasteiger partial charge in [0.1, 0.15) is 12.4 Å². The third kappa shape index (κ3) is 4.62. The highest BCUT2D eigenvalue weighted by Crippen LogP contribution is 2.30. The van der Waals surface area contributed by atoms with Gasteiger partial charge < -0.3 is 10.1 Å². The third-order valence-electron chi connectivity index (χ3n) is 2.82. The predicted octanol–water partition coefficient (Wildman–Crippen LogP) is 4.98. The molecule has 4 heteroatoms. The Balaban J connectivity index is 2.09. The standard InChI is InChI=1S/C16H20BrNOS/c1-16(2,3)18-9-13-5-4-6-14(17)15(13)19-10-12-7-8-20-11-12/h4-8,11,18H,9-10H2,1-3H3. The van der Waals surface area contributed by atoms with Gasteiger partial charge in [-0.3, -0.25) is 0 Å². The van der Waals surface area contributed by atoms with E-state index in [4.69, 9.17) is 4.74 Å². The van der Waals surface area contributed by atoms with Crippen LogP contribution in [-0.2, 0) is 13.2 Å². The van der Waals surface area contributed by atoms with Gasteiger partial charge in [-0.15, -0.1) is 0 Å². The van der Waals surface area contributed by atoms with Crippen LogP contribution in [0.5, 0.6) is 5.75 Å². The number of hydrogen-bond acceptors (Lipinski definition) is 3. The Morgan fingerprint density at radius 3 is 2.70 bits per heavy atom. The molecule has 0 fully saturated rings. The van der Waals surface area contributed by atoms with Gasteiger partial charge in [0, 0.05) is 17.6 Å². The Hall–Kier alpha value is -0.840. The maximum Gasteiger partial charge on any atom is 0.138 e. The Bertz CT molecular complexity index is 546. The van der Waals surface area contributed by atoms with Gasteiger partial charge in [0.15, 0.2) is 0 Å². The first kappa shape index (κ1) is 15.5. The van der Waals surface area contributed by atoms with Crippen LogP contribution in [0.1, 0.15) is 31.9 Å². The fourth-order valence-corrected chi connectivity index (χ4v) is 2.92. The molecule has 0 radical (unpaired) electrons. The molecule has 1 N–H and O–H groups in total. The quantitative estimate of drug-likeness (QED) is 0.818. The highest BCUT2D eigenvalue weighted by Gasteiger charge is 2.13. The monoisotopic (exact) mass is 353 g/mol. The summed E-state index contributed by atoms with van der Waals surface area (Å²) in [4.78, 5) is 0. The number of ether oxygens (including phenoxy) is 1. The van der Waals surface area contributed by atoms with Gasteiger partial charge in [0.2, 0.25) is 0 Å². The molecular weight excluding hydrogens is 334 g/mol. The second-order valence-corrected chi connectivity index (χ2v) is 7.39. The van der Waals surface area contributed by atoms with E-state index in [1.54, 1.807) is 11.3 Å². The van der Waals surface area contributed by atoms with Gasteiger partial charge in [-0.2, -0.15) is 11.3 Å². The number of hydrogen-bond donors (Lipinski definition) is 1. The van der Waals surface area contributed by atoms with Crippen molar-refractivity contribution in [3.63, 3.8) is 0 Å². The molecule has 1 heterocycles. The van der Waals surface area contributed by atoms with E-state index < -0.39 is 0 Å². The topological polar surface area (TPSA) is 21.3 Å². The molecule has 0 amide bonds. The minimum absolute atomic E-state index is 0.0902. The first-order valence-electron chi connectivity index (χ1n) is 6.62. The lowest BCUT2D eigenvalue weighted by atomic mass is 10.1. The van der Waals surface area contributed by atoms with E-state index >= 15 is 0 Å². The normalized spacial score (nSPS) is 11.6. The lowest BCUT2D eigenvalue weighted by Gasteiger charge is -2.22. The largest absolute Gasteiger partial charge is 0.487 e. The van der Waals surface area contributed by atoms with Crippen molar-refractivity contribution in [1.82, 2.24) is 5.32 Å². The summed E-state index contributed by atoms with van der Waals surface area (Å²) in [5.41, 5.74) is 2.47. The molecule has 0 unspecified atom stereocenters. The second-order valence-electron chi connectivity index (χ2n) is 5.75. The first-order valence-corrected chi connectivity index (χ1v) is 8.35. The number of rotatable bonds is 5. The fraction of sp³-hybridized carbons (Fsp3) is 0.375. The molecule has 2 nitrogen and oxygen atoms in total. The van der Waals surface area contributed by atoms with E-state index in [0.717, 1.165) is 16.8 Å². The van der Waals surface area contributed by atoms with Crippen molar-refractivity contribution in [3.8, 4) is 5.75 Å². The van der Waals surface area contributed by atoms with E-state index in [1.165, 1.54) is 11.1 Å². The van der Waals surface area contributed by atoms with E-state index in [2.05, 4.69) is 64.9 Å². The average Bonchev–Trinajstić information content (AvgIpc) is 2.87. The van der Waals surface area contributed by atoms with Crippen LogP contribution in [0.3, 0.4) is 0 Å². The summed E-state index contributed by atoms with van der Waals surface area (Å²) in [6.07, 6.45) is 0. The molecule has 0 aliphatic carbocycles. The lowest BCUT2D eigenvalue weighted by molar-refractivity contribution is 0.298. The molecule has 0 spiro atoms. The Kier molecular flexibility index (Phi) is 5.24. The maximum absolute atomic E-state index is 6.00. The zero-order valence-corrected chi connectivity index (χ0v) is 14.5. The average molecular weight is 354 g/mol.